The lowest BCUT2D eigenvalue weighted by molar-refractivity contribution is 0.103. The van der Waals surface area contributed by atoms with Gasteiger partial charge in [-0.05, 0) is 214 Å². The van der Waals surface area contributed by atoms with Gasteiger partial charge in [-0.2, -0.15) is 0 Å². The van der Waals surface area contributed by atoms with Crippen molar-refractivity contribution in [3.8, 4) is 46.0 Å². The van der Waals surface area contributed by atoms with Crippen LogP contribution in [0, 0.1) is 0 Å². The molecule has 12 aliphatic rings. The van der Waals surface area contributed by atoms with E-state index in [1.807, 2.05) is 146 Å². The number of ketones is 4. The van der Waals surface area contributed by atoms with E-state index in [0.717, 1.165) is 44.5 Å². The van der Waals surface area contributed by atoms with Crippen LogP contribution in [0.25, 0.3) is 24.3 Å². The van der Waals surface area contributed by atoms with Crippen molar-refractivity contribution in [2.75, 3.05) is 0 Å². The van der Waals surface area contributed by atoms with Crippen LogP contribution in [-0.2, 0) is 5.41 Å². The van der Waals surface area contributed by atoms with Gasteiger partial charge in [0.2, 0.25) is 0 Å². The van der Waals surface area contributed by atoms with Crippen molar-refractivity contribution in [3.05, 3.63) is 380 Å². The number of hydrogen-bond donors (Lipinski definition) is 0. The molecule has 0 N–H and O–H groups in total. The van der Waals surface area contributed by atoms with E-state index in [1.54, 1.807) is 121 Å². The molecule has 12 aliphatic heterocycles. The van der Waals surface area contributed by atoms with Crippen LogP contribution in [0.15, 0.2) is 291 Å². The summed E-state index contributed by atoms with van der Waals surface area (Å²) in [5.41, 5.74) is 10.1. The van der Waals surface area contributed by atoms with Crippen LogP contribution < -0.4 is 18.9 Å². The molecule has 0 aliphatic carbocycles. The van der Waals surface area contributed by atoms with E-state index in [-0.39, 0.29) is 23.1 Å². The first-order valence-electron chi connectivity index (χ1n) is 29.1. The molecule has 24 bridgehead atoms. The predicted molar refractivity (Wildman–Crippen MR) is 348 cm³/mol. The van der Waals surface area contributed by atoms with Crippen molar-refractivity contribution in [1.82, 2.24) is 0 Å². The molecule has 24 rings (SSSR count). The minimum absolute atomic E-state index is 0.130. The molecule has 8 heteroatoms. The topological polar surface area (TPSA) is 105 Å². The molecular weight excluding hydrogens is 1100 g/mol. The first-order chi connectivity index (χ1) is 43.6. The normalized spacial score (nSPS) is 13.4. The monoisotopic (exact) mass is 1150 g/mol. The summed E-state index contributed by atoms with van der Waals surface area (Å²) in [5.74, 6) is 4.02. The van der Waals surface area contributed by atoms with Crippen molar-refractivity contribution in [1.29, 1.82) is 0 Å². The second-order valence-electron chi connectivity index (χ2n) is 21.8. The van der Waals surface area contributed by atoms with Crippen molar-refractivity contribution < 1.29 is 38.1 Å². The average Bonchev–Trinajstić information content (AvgIpc) is 0.878. The summed E-state index contributed by atoms with van der Waals surface area (Å²) in [6, 6.07) is 90.4. The van der Waals surface area contributed by atoms with E-state index >= 15 is 0 Å². The number of carbonyl (C=O) groups is 4. The Morgan fingerprint density at radius 3 is 0.562 bits per heavy atom. The maximum absolute atomic E-state index is 13.9. The van der Waals surface area contributed by atoms with Crippen LogP contribution in [0.2, 0.25) is 0 Å². The Morgan fingerprint density at radius 2 is 0.371 bits per heavy atom. The van der Waals surface area contributed by atoms with Gasteiger partial charge in [-0.3, -0.25) is 19.2 Å². The van der Waals surface area contributed by atoms with E-state index in [4.69, 9.17) is 18.9 Å². The minimum atomic E-state index is -1.01. The van der Waals surface area contributed by atoms with Crippen molar-refractivity contribution in [2.45, 2.75) is 5.41 Å². The quantitative estimate of drug-likeness (QED) is 0.148. The van der Waals surface area contributed by atoms with Crippen LogP contribution in [-0.4, -0.2) is 23.1 Å². The largest absolute Gasteiger partial charge is 0.457 e. The van der Waals surface area contributed by atoms with E-state index in [9.17, 15) is 19.2 Å². The smallest absolute Gasteiger partial charge is 0.193 e. The first-order valence-corrected chi connectivity index (χ1v) is 29.1. The second kappa shape index (κ2) is 23.8. The number of rotatable bonds is 0. The average molecular weight is 1150 g/mol. The van der Waals surface area contributed by atoms with E-state index in [0.29, 0.717) is 90.5 Å². The van der Waals surface area contributed by atoms with E-state index in [1.165, 1.54) is 0 Å². The molecule has 0 unspecified atom stereocenters. The molecule has 1 spiro atoms. The Labute approximate surface area is 514 Å². The van der Waals surface area contributed by atoms with Gasteiger partial charge < -0.3 is 18.9 Å². The Bertz CT molecular complexity index is 4110. The second-order valence-corrected chi connectivity index (χ2v) is 21.8. The highest BCUT2D eigenvalue weighted by molar-refractivity contribution is 6.11. The molecule has 89 heavy (non-hydrogen) atoms. The van der Waals surface area contributed by atoms with Crippen molar-refractivity contribution >= 4 is 47.4 Å². The van der Waals surface area contributed by atoms with Gasteiger partial charge in [0, 0.05) is 44.5 Å². The highest BCUT2D eigenvalue weighted by Crippen LogP contribution is 2.48. The number of carbonyl (C=O) groups excluding carboxylic acids is 4. The lowest BCUT2D eigenvalue weighted by Gasteiger charge is -2.37. The van der Waals surface area contributed by atoms with Gasteiger partial charge in [0.1, 0.15) is 46.0 Å². The summed E-state index contributed by atoms with van der Waals surface area (Å²) >= 11 is 0. The fourth-order valence-electron chi connectivity index (χ4n) is 11.5. The Hall–Kier alpha value is -12.0. The molecule has 0 saturated heterocycles. The molecule has 424 valence electrons. The Morgan fingerprint density at radius 1 is 0.191 bits per heavy atom. The highest BCUT2D eigenvalue weighted by Gasteiger charge is 2.39. The van der Waals surface area contributed by atoms with Gasteiger partial charge in [0.25, 0.3) is 0 Å². The van der Waals surface area contributed by atoms with Crippen molar-refractivity contribution in [3.63, 3.8) is 0 Å². The zero-order chi connectivity index (χ0) is 60.3. The molecular formula is C81H52O8. The Kier molecular flexibility index (Phi) is 14.7. The van der Waals surface area contributed by atoms with Gasteiger partial charge in [0.05, 0.1) is 5.41 Å². The summed E-state index contributed by atoms with van der Waals surface area (Å²) in [5, 5.41) is 0. The predicted octanol–water partition coefficient (Wildman–Crippen LogP) is 19.1. The zero-order valence-corrected chi connectivity index (χ0v) is 47.8. The molecule has 0 amide bonds. The van der Waals surface area contributed by atoms with Crippen molar-refractivity contribution in [2.24, 2.45) is 0 Å². The maximum atomic E-state index is 13.9. The van der Waals surface area contributed by atoms with Crippen LogP contribution in [0.1, 0.15) is 108 Å². The third-order valence-electron chi connectivity index (χ3n) is 16.1. The van der Waals surface area contributed by atoms with E-state index in [2.05, 4.69) is 48.5 Å². The molecule has 12 heterocycles. The van der Waals surface area contributed by atoms with Crippen LogP contribution in [0.5, 0.6) is 46.0 Å². The molecule has 0 radical (unpaired) electrons. The third kappa shape index (κ3) is 11.5. The van der Waals surface area contributed by atoms with Crippen LogP contribution in [0.3, 0.4) is 0 Å². The molecule has 0 aromatic heterocycles. The Balaban J connectivity index is 0.873. The number of benzene rings is 12. The van der Waals surface area contributed by atoms with Gasteiger partial charge in [-0.1, -0.05) is 146 Å². The third-order valence-corrected chi connectivity index (χ3v) is 16.1. The molecule has 12 aromatic rings. The number of fused-ring (bicyclic) bond motifs is 4. The summed E-state index contributed by atoms with van der Waals surface area (Å²) < 4.78 is 26.0. The summed E-state index contributed by atoms with van der Waals surface area (Å²) in [4.78, 5) is 55.7. The standard InChI is InChI=1S/C81H52O8/c82-77-57-17-33-69(34-18-57)86-73-41-25-65(26-42-73)81(66-27-43-74(44-28-66)87-70-35-19-58(20-36-70)78(83)62-10-2-6-54(50-62)14-13-53-5-1-9-61(77)49-53)67-29-45-75(46-30-67)88-71-37-21-59(22-38-71)79(84)63-11-3-7-55(51-63)15-16-56-8-4-12-64(52-56)80(85)60-23-39-72(40-24-60)89-76-47-31-68(81)32-48-76/h1-52H. The SMILES string of the molecule is O=C1c2ccc(cc2)Oc2ccc(cc2)C2(c3ccc(cc3)Oc3ccc(cc3)C(=O)c3cccc(c3)C=Cc3cccc1c3)c1ccc(cc1)Oc1ccc(cc1)C(=O)c1cccc(c1)C=Cc1cccc(c1)C(=O)c1ccc(cc1)Oc1ccc2cc1. The summed E-state index contributed by atoms with van der Waals surface area (Å²) in [6.07, 6.45) is 7.73. The summed E-state index contributed by atoms with van der Waals surface area (Å²) in [7, 11) is 0. The lowest BCUT2D eigenvalue weighted by atomic mass is 9.65. The number of hydrogen-bond acceptors (Lipinski definition) is 8. The molecule has 12 aromatic carbocycles. The van der Waals surface area contributed by atoms with Crippen LogP contribution >= 0.6 is 0 Å². The fourth-order valence-corrected chi connectivity index (χ4v) is 11.5. The number of ether oxygens (including phenoxy) is 4. The van der Waals surface area contributed by atoms with Gasteiger partial charge in [-0.25, -0.2) is 0 Å². The highest BCUT2D eigenvalue weighted by atomic mass is 16.5. The first kappa shape index (κ1) is 54.9. The lowest BCUT2D eigenvalue weighted by Crippen LogP contribution is -2.31. The molecule has 0 fully saturated rings. The van der Waals surface area contributed by atoms with Crippen LogP contribution in [0.4, 0.5) is 0 Å². The van der Waals surface area contributed by atoms with Gasteiger partial charge in [-0.15, -0.1) is 0 Å². The summed E-state index contributed by atoms with van der Waals surface area (Å²) in [6.45, 7) is 0. The maximum Gasteiger partial charge on any atom is 0.193 e. The minimum Gasteiger partial charge on any atom is -0.457 e. The zero-order valence-electron chi connectivity index (χ0n) is 47.8. The molecule has 8 nitrogen and oxygen atoms in total. The van der Waals surface area contributed by atoms with Gasteiger partial charge in [0.15, 0.2) is 23.1 Å². The molecule has 0 saturated carbocycles. The molecule has 0 atom stereocenters. The fraction of sp³-hybridized carbons (Fsp3) is 0.0123. The van der Waals surface area contributed by atoms with Gasteiger partial charge >= 0.3 is 0 Å². The van der Waals surface area contributed by atoms with E-state index < -0.39 is 5.41 Å².